The average molecular weight is 408 g/mol. The first kappa shape index (κ1) is 21.6. The molecule has 0 atom stereocenters. The Bertz CT molecular complexity index is 958. The second-order valence-corrected chi connectivity index (χ2v) is 7.07. The predicted octanol–water partition coefficient (Wildman–Crippen LogP) is 5.44. The van der Waals surface area contributed by atoms with Crippen molar-refractivity contribution < 1.29 is 14.6 Å². The number of phenols is 1. The zero-order chi connectivity index (χ0) is 21.3. The molecule has 2 aromatic carbocycles. The number of benzene rings is 2. The zero-order valence-corrected chi connectivity index (χ0v) is 17.9. The van der Waals surface area contributed by atoms with E-state index in [2.05, 4.69) is 21.9 Å². The summed E-state index contributed by atoms with van der Waals surface area (Å²) in [4.78, 5) is 13.1. The van der Waals surface area contributed by atoms with Crippen molar-refractivity contribution in [1.82, 2.24) is 15.0 Å². The molecule has 0 aliphatic carbocycles. The third-order valence-electron chi connectivity index (χ3n) is 5.00. The summed E-state index contributed by atoms with van der Waals surface area (Å²) in [6.07, 6.45) is 6.68. The zero-order valence-electron chi connectivity index (χ0n) is 17.9. The number of phenolic OH excluding ortho intramolecular Hbond substituents is 1. The molecule has 0 unspecified atom stereocenters. The second-order valence-electron chi connectivity index (χ2n) is 7.07. The van der Waals surface area contributed by atoms with Crippen molar-refractivity contribution in [2.24, 2.45) is 0 Å². The van der Waals surface area contributed by atoms with Crippen LogP contribution in [0, 0.1) is 0 Å². The minimum atomic E-state index is 0.0803. The van der Waals surface area contributed by atoms with E-state index in [-0.39, 0.29) is 5.75 Å². The number of ether oxygens (including phenoxy) is 2. The van der Waals surface area contributed by atoms with Crippen LogP contribution in [0.3, 0.4) is 0 Å². The Kier molecular flexibility index (Phi) is 7.60. The van der Waals surface area contributed by atoms with Gasteiger partial charge >= 0.3 is 0 Å². The van der Waals surface area contributed by atoms with Gasteiger partial charge in [-0.2, -0.15) is 0 Å². The van der Waals surface area contributed by atoms with Gasteiger partial charge in [-0.15, -0.1) is 0 Å². The third-order valence-corrected chi connectivity index (χ3v) is 5.00. The van der Waals surface area contributed by atoms with Gasteiger partial charge in [-0.3, -0.25) is 0 Å². The Morgan fingerprint density at radius 1 is 0.900 bits per heavy atom. The molecule has 1 aromatic heterocycles. The minimum absolute atomic E-state index is 0.0803. The molecule has 0 bridgehead atoms. The summed E-state index contributed by atoms with van der Waals surface area (Å²) in [5.74, 6) is 2.31. The summed E-state index contributed by atoms with van der Waals surface area (Å²) >= 11 is 0. The van der Waals surface area contributed by atoms with Crippen molar-refractivity contribution in [3.63, 3.8) is 0 Å². The SMILES string of the molecule is CCCCCCOc1c(CC)ccc(-c2ncnc(-c3ccc(OC)cc3)n2)c1O. The Morgan fingerprint density at radius 3 is 2.37 bits per heavy atom. The maximum absolute atomic E-state index is 10.9. The number of rotatable bonds is 10. The van der Waals surface area contributed by atoms with Crippen LogP contribution in [0.25, 0.3) is 22.8 Å². The summed E-state index contributed by atoms with van der Waals surface area (Å²) in [7, 11) is 1.63. The van der Waals surface area contributed by atoms with Gasteiger partial charge in [0.05, 0.1) is 19.3 Å². The molecule has 30 heavy (non-hydrogen) atoms. The van der Waals surface area contributed by atoms with Gasteiger partial charge in [0, 0.05) is 5.56 Å². The molecule has 0 saturated heterocycles. The van der Waals surface area contributed by atoms with Crippen molar-refractivity contribution >= 4 is 0 Å². The molecule has 6 heteroatoms. The van der Waals surface area contributed by atoms with E-state index in [1.165, 1.54) is 19.2 Å². The molecule has 0 radical (unpaired) electrons. The van der Waals surface area contributed by atoms with E-state index in [1.54, 1.807) is 7.11 Å². The number of aromatic hydroxyl groups is 1. The van der Waals surface area contributed by atoms with Crippen LogP contribution in [0.15, 0.2) is 42.7 Å². The molecule has 6 nitrogen and oxygen atoms in total. The minimum Gasteiger partial charge on any atom is -0.504 e. The molecular weight excluding hydrogens is 378 g/mol. The summed E-state index contributed by atoms with van der Waals surface area (Å²) in [5, 5.41) is 10.9. The van der Waals surface area contributed by atoms with Crippen LogP contribution in [0.5, 0.6) is 17.2 Å². The van der Waals surface area contributed by atoms with Gasteiger partial charge in [0.15, 0.2) is 23.1 Å². The van der Waals surface area contributed by atoms with Crippen LogP contribution >= 0.6 is 0 Å². The normalized spacial score (nSPS) is 10.8. The van der Waals surface area contributed by atoms with Gasteiger partial charge in [0.2, 0.25) is 0 Å². The molecular formula is C24H29N3O3. The smallest absolute Gasteiger partial charge is 0.169 e. The number of unbranched alkanes of at least 4 members (excludes halogenated alkanes) is 3. The number of hydrogen-bond acceptors (Lipinski definition) is 6. The van der Waals surface area contributed by atoms with E-state index in [0.717, 1.165) is 36.1 Å². The number of aromatic nitrogens is 3. The Hall–Kier alpha value is -3.15. The van der Waals surface area contributed by atoms with Crippen LogP contribution in [0.2, 0.25) is 0 Å². The molecule has 0 amide bonds. The van der Waals surface area contributed by atoms with Gasteiger partial charge in [-0.05, 0) is 48.7 Å². The van der Waals surface area contributed by atoms with E-state index in [0.29, 0.717) is 29.6 Å². The first-order chi connectivity index (χ1) is 14.7. The first-order valence-corrected chi connectivity index (χ1v) is 10.5. The Balaban J connectivity index is 1.88. The molecule has 1 heterocycles. The predicted molar refractivity (Wildman–Crippen MR) is 118 cm³/mol. The maximum atomic E-state index is 10.9. The van der Waals surface area contributed by atoms with Gasteiger partial charge < -0.3 is 14.6 Å². The molecule has 0 spiro atoms. The largest absolute Gasteiger partial charge is 0.504 e. The number of methoxy groups -OCH3 is 1. The highest BCUT2D eigenvalue weighted by Gasteiger charge is 2.17. The fraction of sp³-hybridized carbons (Fsp3) is 0.375. The third kappa shape index (κ3) is 5.06. The molecule has 3 rings (SSSR count). The summed E-state index contributed by atoms with van der Waals surface area (Å²) in [6, 6.07) is 11.3. The van der Waals surface area contributed by atoms with Gasteiger partial charge in [-0.25, -0.2) is 15.0 Å². The Labute approximate surface area is 178 Å². The molecule has 0 aliphatic rings. The highest BCUT2D eigenvalue weighted by Crippen LogP contribution is 2.39. The van der Waals surface area contributed by atoms with E-state index >= 15 is 0 Å². The van der Waals surface area contributed by atoms with Crippen LogP contribution in [0.1, 0.15) is 45.1 Å². The van der Waals surface area contributed by atoms with E-state index in [9.17, 15) is 5.11 Å². The van der Waals surface area contributed by atoms with Crippen LogP contribution in [0.4, 0.5) is 0 Å². The van der Waals surface area contributed by atoms with E-state index in [4.69, 9.17) is 9.47 Å². The highest BCUT2D eigenvalue weighted by atomic mass is 16.5. The second kappa shape index (κ2) is 10.6. The van der Waals surface area contributed by atoms with Crippen molar-refractivity contribution in [1.29, 1.82) is 0 Å². The van der Waals surface area contributed by atoms with E-state index < -0.39 is 0 Å². The highest BCUT2D eigenvalue weighted by molar-refractivity contribution is 5.71. The maximum Gasteiger partial charge on any atom is 0.169 e. The van der Waals surface area contributed by atoms with E-state index in [1.807, 2.05) is 43.3 Å². The van der Waals surface area contributed by atoms with Gasteiger partial charge in [-0.1, -0.05) is 39.2 Å². The quantitative estimate of drug-likeness (QED) is 0.451. The van der Waals surface area contributed by atoms with Crippen molar-refractivity contribution in [3.05, 3.63) is 48.3 Å². The molecule has 0 fully saturated rings. The Morgan fingerprint density at radius 2 is 1.67 bits per heavy atom. The molecule has 1 N–H and O–H groups in total. The summed E-state index contributed by atoms with van der Waals surface area (Å²) < 4.78 is 11.2. The standard InChI is InChI=1S/C24H29N3O3/c1-4-6-7-8-15-30-22-17(5-2)11-14-20(21(22)28)24-26-16-25-23(27-24)18-9-12-19(29-3)13-10-18/h9-14,16,28H,4-8,15H2,1-3H3. The number of aryl methyl sites for hydroxylation is 1. The molecule has 0 aliphatic heterocycles. The van der Waals surface area contributed by atoms with Gasteiger partial charge in [0.1, 0.15) is 12.1 Å². The van der Waals surface area contributed by atoms with Crippen molar-refractivity contribution in [3.8, 4) is 40.0 Å². The monoisotopic (exact) mass is 407 g/mol. The van der Waals surface area contributed by atoms with Crippen molar-refractivity contribution in [2.45, 2.75) is 46.0 Å². The van der Waals surface area contributed by atoms with Crippen LogP contribution in [-0.4, -0.2) is 33.8 Å². The summed E-state index contributed by atoms with van der Waals surface area (Å²) in [6.45, 7) is 4.81. The number of nitrogens with zero attached hydrogens (tertiary/aromatic N) is 3. The first-order valence-electron chi connectivity index (χ1n) is 10.5. The molecule has 158 valence electrons. The fourth-order valence-corrected chi connectivity index (χ4v) is 3.24. The lowest BCUT2D eigenvalue weighted by molar-refractivity contribution is 0.287. The van der Waals surface area contributed by atoms with Gasteiger partial charge in [0.25, 0.3) is 0 Å². The lowest BCUT2D eigenvalue weighted by Gasteiger charge is -2.15. The average Bonchev–Trinajstić information content (AvgIpc) is 2.79. The molecule has 3 aromatic rings. The molecule has 0 saturated carbocycles. The number of hydrogen-bond donors (Lipinski definition) is 1. The lowest BCUT2D eigenvalue weighted by Crippen LogP contribution is -2.02. The fourth-order valence-electron chi connectivity index (χ4n) is 3.24. The lowest BCUT2D eigenvalue weighted by atomic mass is 10.1. The summed E-state index contributed by atoms with van der Waals surface area (Å²) in [5.41, 5.74) is 2.35. The van der Waals surface area contributed by atoms with Crippen LogP contribution < -0.4 is 9.47 Å². The van der Waals surface area contributed by atoms with Crippen molar-refractivity contribution in [2.75, 3.05) is 13.7 Å². The van der Waals surface area contributed by atoms with Crippen LogP contribution in [-0.2, 0) is 6.42 Å². The topological polar surface area (TPSA) is 77.4 Å².